The van der Waals surface area contributed by atoms with Gasteiger partial charge in [-0.2, -0.15) is 0 Å². The third-order valence-corrected chi connectivity index (χ3v) is 4.11. The van der Waals surface area contributed by atoms with Crippen LogP contribution in [-0.4, -0.2) is 31.5 Å². The lowest BCUT2D eigenvalue weighted by atomic mass is 10.0. The number of hydrogen-bond donors (Lipinski definition) is 2. The Balaban J connectivity index is 1.38. The Kier molecular flexibility index (Phi) is 6.41. The Bertz CT molecular complexity index is 904. The van der Waals surface area contributed by atoms with Gasteiger partial charge in [0.25, 0.3) is 5.91 Å². The molecular formula is C22H22N2O3. The highest BCUT2D eigenvalue weighted by Gasteiger charge is 2.09. The largest absolute Gasteiger partial charge is 0.493 e. The van der Waals surface area contributed by atoms with Gasteiger partial charge >= 0.3 is 0 Å². The summed E-state index contributed by atoms with van der Waals surface area (Å²) in [5.74, 6) is 0.492. The van der Waals surface area contributed by atoms with E-state index in [1.165, 1.54) is 0 Å². The number of carbonyl (C=O) groups excluding carboxylic acids is 2. The second-order valence-electron chi connectivity index (χ2n) is 6.04. The van der Waals surface area contributed by atoms with Crippen LogP contribution in [-0.2, 0) is 4.79 Å². The van der Waals surface area contributed by atoms with Crippen LogP contribution in [0.15, 0.2) is 72.8 Å². The predicted octanol–water partition coefficient (Wildman–Crippen LogP) is 3.15. The molecule has 138 valence electrons. The Morgan fingerprint density at radius 2 is 1.48 bits per heavy atom. The maximum Gasteiger partial charge on any atom is 0.251 e. The highest BCUT2D eigenvalue weighted by Crippen LogP contribution is 2.18. The molecule has 0 saturated heterocycles. The van der Waals surface area contributed by atoms with E-state index in [1.54, 1.807) is 6.07 Å². The molecule has 0 saturated carbocycles. The molecule has 0 spiro atoms. The number of amides is 2. The third-order valence-electron chi connectivity index (χ3n) is 4.11. The molecule has 0 aliphatic heterocycles. The summed E-state index contributed by atoms with van der Waals surface area (Å²) in [6.07, 6.45) is 0.270. The summed E-state index contributed by atoms with van der Waals surface area (Å²) < 4.78 is 5.49. The van der Waals surface area contributed by atoms with Crippen molar-refractivity contribution < 1.29 is 14.3 Å². The number of para-hydroxylation sites is 1. The number of hydrogen-bond acceptors (Lipinski definition) is 3. The van der Waals surface area contributed by atoms with Crippen molar-refractivity contribution in [1.29, 1.82) is 0 Å². The fraction of sp³-hybridized carbons (Fsp3) is 0.182. The highest BCUT2D eigenvalue weighted by atomic mass is 16.5. The molecule has 5 nitrogen and oxygen atoms in total. The van der Waals surface area contributed by atoms with Crippen molar-refractivity contribution in [1.82, 2.24) is 10.6 Å². The second kappa shape index (κ2) is 9.38. The number of ether oxygens (including phenoxy) is 1. The maximum atomic E-state index is 12.4. The highest BCUT2D eigenvalue weighted by molar-refractivity contribution is 6.07. The fourth-order valence-electron chi connectivity index (χ4n) is 2.76. The summed E-state index contributed by atoms with van der Waals surface area (Å²) in [6.45, 7) is 1.06. The quantitative estimate of drug-likeness (QED) is 0.605. The van der Waals surface area contributed by atoms with Gasteiger partial charge in [-0.1, -0.05) is 54.6 Å². The van der Waals surface area contributed by atoms with Gasteiger partial charge in [-0.15, -0.1) is 0 Å². The van der Waals surface area contributed by atoms with Crippen molar-refractivity contribution in [3.8, 4) is 5.75 Å². The van der Waals surface area contributed by atoms with Crippen LogP contribution in [0.25, 0.3) is 10.8 Å². The van der Waals surface area contributed by atoms with Gasteiger partial charge in [0.05, 0.1) is 13.0 Å². The molecule has 0 radical (unpaired) electrons. The van der Waals surface area contributed by atoms with Crippen LogP contribution in [0, 0.1) is 0 Å². The smallest absolute Gasteiger partial charge is 0.251 e. The Morgan fingerprint density at radius 1 is 0.778 bits per heavy atom. The van der Waals surface area contributed by atoms with Crippen LogP contribution in [0.4, 0.5) is 0 Å². The van der Waals surface area contributed by atoms with Crippen molar-refractivity contribution in [3.05, 3.63) is 78.4 Å². The first-order valence-electron chi connectivity index (χ1n) is 8.94. The molecule has 2 N–H and O–H groups in total. The standard InChI is InChI=1S/C22H22N2O3/c25-21(13-16-27-18-9-2-1-3-10-18)23-14-15-24-22(26)20-12-6-8-17-7-4-5-11-19(17)20/h1-12H,13-16H2,(H,23,25)(H,24,26). The van der Waals surface area contributed by atoms with Crippen LogP contribution >= 0.6 is 0 Å². The summed E-state index contributed by atoms with van der Waals surface area (Å²) in [4.78, 5) is 24.2. The van der Waals surface area contributed by atoms with Gasteiger partial charge in [0.15, 0.2) is 0 Å². The van der Waals surface area contributed by atoms with E-state index >= 15 is 0 Å². The van der Waals surface area contributed by atoms with E-state index in [1.807, 2.05) is 66.7 Å². The third kappa shape index (κ3) is 5.31. The van der Waals surface area contributed by atoms with E-state index < -0.39 is 0 Å². The summed E-state index contributed by atoms with van der Waals surface area (Å²) in [7, 11) is 0. The van der Waals surface area contributed by atoms with E-state index in [0.717, 1.165) is 16.5 Å². The topological polar surface area (TPSA) is 67.4 Å². The first kappa shape index (κ1) is 18.5. The van der Waals surface area contributed by atoms with Crippen LogP contribution in [0.2, 0.25) is 0 Å². The molecule has 0 fully saturated rings. The van der Waals surface area contributed by atoms with Crippen LogP contribution < -0.4 is 15.4 Å². The number of carbonyl (C=O) groups is 2. The van der Waals surface area contributed by atoms with Crippen molar-refractivity contribution in [2.45, 2.75) is 6.42 Å². The first-order chi connectivity index (χ1) is 13.2. The van der Waals surface area contributed by atoms with Crippen molar-refractivity contribution in [2.75, 3.05) is 19.7 Å². The molecular weight excluding hydrogens is 340 g/mol. The van der Waals surface area contributed by atoms with E-state index in [9.17, 15) is 9.59 Å². The molecule has 0 aliphatic rings. The van der Waals surface area contributed by atoms with E-state index in [-0.39, 0.29) is 18.2 Å². The Morgan fingerprint density at radius 3 is 2.33 bits per heavy atom. The van der Waals surface area contributed by atoms with Crippen LogP contribution in [0.1, 0.15) is 16.8 Å². The summed E-state index contributed by atoms with van der Waals surface area (Å²) in [5, 5.41) is 7.56. The van der Waals surface area contributed by atoms with Gasteiger partial charge in [-0.3, -0.25) is 9.59 Å². The Hall–Kier alpha value is -3.34. The molecule has 2 amide bonds. The zero-order valence-electron chi connectivity index (χ0n) is 15.0. The minimum absolute atomic E-state index is 0.106. The van der Waals surface area contributed by atoms with Crippen molar-refractivity contribution >= 4 is 22.6 Å². The normalized spacial score (nSPS) is 10.4. The van der Waals surface area contributed by atoms with Gasteiger partial charge in [-0.25, -0.2) is 0 Å². The molecule has 3 rings (SSSR count). The molecule has 0 atom stereocenters. The molecule has 0 aliphatic carbocycles. The van der Waals surface area contributed by atoms with E-state index in [0.29, 0.717) is 25.3 Å². The lowest BCUT2D eigenvalue weighted by Crippen LogP contribution is -2.35. The van der Waals surface area contributed by atoms with Gasteiger partial charge < -0.3 is 15.4 Å². The SMILES string of the molecule is O=C(CCOc1ccccc1)NCCNC(=O)c1cccc2ccccc12. The molecule has 3 aromatic rings. The van der Waals surface area contributed by atoms with Gasteiger partial charge in [0, 0.05) is 18.7 Å². The Labute approximate surface area is 158 Å². The van der Waals surface area contributed by atoms with Gasteiger partial charge in [0.1, 0.15) is 5.75 Å². The molecule has 3 aromatic carbocycles. The molecule has 5 heteroatoms. The van der Waals surface area contributed by atoms with Crippen molar-refractivity contribution in [2.24, 2.45) is 0 Å². The lowest BCUT2D eigenvalue weighted by molar-refractivity contribution is -0.121. The zero-order valence-corrected chi connectivity index (χ0v) is 15.0. The van der Waals surface area contributed by atoms with Crippen LogP contribution in [0.3, 0.4) is 0 Å². The molecule has 0 unspecified atom stereocenters. The minimum atomic E-state index is -0.145. The average Bonchev–Trinajstić information content (AvgIpc) is 2.71. The number of rotatable bonds is 8. The summed E-state index contributed by atoms with van der Waals surface area (Å²) in [5.41, 5.74) is 0.635. The molecule has 0 bridgehead atoms. The first-order valence-corrected chi connectivity index (χ1v) is 8.94. The van der Waals surface area contributed by atoms with Crippen molar-refractivity contribution in [3.63, 3.8) is 0 Å². The average molecular weight is 362 g/mol. The number of fused-ring (bicyclic) bond motifs is 1. The maximum absolute atomic E-state index is 12.4. The van der Waals surface area contributed by atoms with Gasteiger partial charge in [0.2, 0.25) is 5.91 Å². The van der Waals surface area contributed by atoms with E-state index in [2.05, 4.69) is 10.6 Å². The van der Waals surface area contributed by atoms with Crippen LogP contribution in [0.5, 0.6) is 5.75 Å². The fourth-order valence-corrected chi connectivity index (χ4v) is 2.76. The second-order valence-corrected chi connectivity index (χ2v) is 6.04. The number of nitrogens with one attached hydrogen (secondary N) is 2. The molecule has 27 heavy (non-hydrogen) atoms. The number of benzene rings is 3. The minimum Gasteiger partial charge on any atom is -0.493 e. The summed E-state index contributed by atoms with van der Waals surface area (Å²) >= 11 is 0. The summed E-state index contributed by atoms with van der Waals surface area (Å²) in [6, 6.07) is 22.8. The van der Waals surface area contributed by atoms with E-state index in [4.69, 9.17) is 4.74 Å². The predicted molar refractivity (Wildman–Crippen MR) is 106 cm³/mol. The van der Waals surface area contributed by atoms with Gasteiger partial charge in [-0.05, 0) is 29.0 Å². The molecule has 0 aromatic heterocycles. The monoisotopic (exact) mass is 362 g/mol. The molecule has 0 heterocycles. The zero-order chi connectivity index (χ0) is 18.9. The lowest BCUT2D eigenvalue weighted by Gasteiger charge is -2.09.